The summed E-state index contributed by atoms with van der Waals surface area (Å²) in [6.45, 7) is 7.16. The first-order chi connectivity index (χ1) is 19.4. The number of carbonyl (C=O) groups excluding carboxylic acids is 5. The molecule has 2 heterocycles. The number of ether oxygens (including phenoxy) is 2. The predicted octanol–water partition coefficient (Wildman–Crippen LogP) is 1.02. The second kappa shape index (κ2) is 14.2. The van der Waals surface area contributed by atoms with Crippen LogP contribution in [0.25, 0.3) is 0 Å². The molecule has 0 aromatic heterocycles. The molecule has 224 valence electrons. The summed E-state index contributed by atoms with van der Waals surface area (Å²) in [6.07, 6.45) is -1.84. The summed E-state index contributed by atoms with van der Waals surface area (Å²) >= 11 is 0. The van der Waals surface area contributed by atoms with Gasteiger partial charge in [-0.25, -0.2) is 5.01 Å². The Morgan fingerprint density at radius 3 is 2.22 bits per heavy atom. The van der Waals surface area contributed by atoms with Crippen LogP contribution in [-0.4, -0.2) is 93.7 Å². The summed E-state index contributed by atoms with van der Waals surface area (Å²) < 4.78 is 11.5. The molecular formula is C28H38N4O9. The van der Waals surface area contributed by atoms with E-state index in [-0.39, 0.29) is 43.6 Å². The van der Waals surface area contributed by atoms with Crippen LogP contribution in [0.1, 0.15) is 70.2 Å². The molecule has 2 aliphatic rings. The van der Waals surface area contributed by atoms with Gasteiger partial charge in [0, 0.05) is 18.5 Å². The number of Topliss-reactive ketones (excluding diaryl/α,β-unsaturated/α-hetero) is 1. The van der Waals surface area contributed by atoms with Gasteiger partial charge in [-0.05, 0) is 47.0 Å². The van der Waals surface area contributed by atoms with Gasteiger partial charge < -0.3 is 25.2 Å². The first-order valence-corrected chi connectivity index (χ1v) is 13.8. The van der Waals surface area contributed by atoms with Crippen molar-refractivity contribution < 1.29 is 43.3 Å². The van der Waals surface area contributed by atoms with Crippen molar-refractivity contribution in [1.29, 1.82) is 0 Å². The second-order valence-electron chi connectivity index (χ2n) is 10.6. The lowest BCUT2D eigenvalue weighted by atomic mass is 10.0. The van der Waals surface area contributed by atoms with Gasteiger partial charge in [-0.15, -0.1) is 0 Å². The van der Waals surface area contributed by atoms with Crippen LogP contribution < -0.4 is 10.6 Å². The molecule has 3 N–H and O–H groups in total. The topological polar surface area (TPSA) is 172 Å². The van der Waals surface area contributed by atoms with E-state index in [9.17, 15) is 33.9 Å². The Morgan fingerprint density at radius 2 is 1.63 bits per heavy atom. The molecule has 4 amide bonds. The Labute approximate surface area is 238 Å². The van der Waals surface area contributed by atoms with Gasteiger partial charge in [0.1, 0.15) is 12.1 Å². The van der Waals surface area contributed by atoms with Gasteiger partial charge in [0.25, 0.3) is 11.8 Å². The number of carboxylic acid groups (broad SMARTS) is 1. The van der Waals surface area contributed by atoms with E-state index < -0.39 is 66.2 Å². The number of nitrogens with one attached hydrogen (secondary N) is 2. The van der Waals surface area contributed by atoms with Gasteiger partial charge in [-0.3, -0.25) is 33.8 Å². The Hall–Kier alpha value is -3.84. The maximum absolute atomic E-state index is 13.7. The lowest BCUT2D eigenvalue weighted by Crippen LogP contribution is -2.65. The van der Waals surface area contributed by atoms with Crippen molar-refractivity contribution in [2.45, 2.75) is 96.4 Å². The van der Waals surface area contributed by atoms with Crippen LogP contribution >= 0.6 is 0 Å². The lowest BCUT2D eigenvalue weighted by molar-refractivity contribution is -0.200. The minimum absolute atomic E-state index is 0.0546. The van der Waals surface area contributed by atoms with Crippen molar-refractivity contribution in [1.82, 2.24) is 20.7 Å². The summed E-state index contributed by atoms with van der Waals surface area (Å²) in [6, 6.07) is 4.35. The molecule has 0 bridgehead atoms. The van der Waals surface area contributed by atoms with Gasteiger partial charge in [0.15, 0.2) is 6.29 Å². The van der Waals surface area contributed by atoms with Crippen molar-refractivity contribution in [2.75, 3.05) is 6.54 Å². The first-order valence-electron chi connectivity index (χ1n) is 13.8. The molecule has 0 radical (unpaired) electrons. The van der Waals surface area contributed by atoms with Crippen molar-refractivity contribution in [3.8, 4) is 0 Å². The average Bonchev–Trinajstić information content (AvgIpc) is 3.03. The largest absolute Gasteiger partial charge is 0.481 e. The quantitative estimate of drug-likeness (QED) is 0.187. The number of hydrogen-bond donors (Lipinski definition) is 3. The highest BCUT2D eigenvalue weighted by Gasteiger charge is 2.45. The summed E-state index contributed by atoms with van der Waals surface area (Å²) in [7, 11) is 0. The molecule has 3 atom stereocenters. The standard InChI is InChI=1S/C28H38N4O9/c1-16(2)40-28(41-17(3)4)20(15-23(34)35)30-25(37)21-11-8-14-31-22(33)13-12-19(27(39)32(21)31)29-26(38)24(36)18-9-6-5-7-10-18/h5-7,9-10,16-17,19-21,28H,8,11-15H2,1-4H3,(H,29,38)(H,30,37)(H,34,35)/t19-,20-,21-/m0/s1. The molecule has 13 nitrogen and oxygen atoms in total. The third kappa shape index (κ3) is 8.33. The third-order valence-electron chi connectivity index (χ3n) is 6.57. The number of carboxylic acids is 1. The normalized spacial score (nSPS) is 20.1. The molecule has 1 aromatic rings. The summed E-state index contributed by atoms with van der Waals surface area (Å²) in [5, 5.41) is 16.9. The van der Waals surface area contributed by atoms with E-state index in [4.69, 9.17) is 9.47 Å². The summed E-state index contributed by atoms with van der Waals surface area (Å²) in [5.41, 5.74) is 0.144. The monoisotopic (exact) mass is 574 g/mol. The number of carbonyl (C=O) groups is 6. The van der Waals surface area contributed by atoms with Crippen LogP contribution in [0.5, 0.6) is 0 Å². The van der Waals surface area contributed by atoms with Crippen molar-refractivity contribution >= 4 is 35.4 Å². The molecule has 0 unspecified atom stereocenters. The number of rotatable bonds is 12. The number of nitrogens with zero attached hydrogens (tertiary/aromatic N) is 2. The molecule has 0 aliphatic carbocycles. The van der Waals surface area contributed by atoms with Crippen LogP contribution in [0.2, 0.25) is 0 Å². The number of aliphatic carboxylic acids is 1. The summed E-state index contributed by atoms with van der Waals surface area (Å²) in [4.78, 5) is 77.3. The van der Waals surface area contributed by atoms with E-state index in [0.717, 1.165) is 5.01 Å². The van der Waals surface area contributed by atoms with Gasteiger partial charge in [-0.2, -0.15) is 0 Å². The van der Waals surface area contributed by atoms with E-state index in [0.29, 0.717) is 6.42 Å². The van der Waals surface area contributed by atoms with Crippen LogP contribution in [0.4, 0.5) is 0 Å². The fraction of sp³-hybridized carbons (Fsp3) is 0.571. The Bertz CT molecular complexity index is 1130. The highest BCUT2D eigenvalue weighted by Crippen LogP contribution is 2.25. The van der Waals surface area contributed by atoms with Crippen molar-refractivity contribution in [3.05, 3.63) is 35.9 Å². The Morgan fingerprint density at radius 1 is 1.00 bits per heavy atom. The highest BCUT2D eigenvalue weighted by atomic mass is 16.7. The van der Waals surface area contributed by atoms with E-state index in [1.807, 2.05) is 0 Å². The Kier molecular flexibility index (Phi) is 11.0. The molecule has 0 spiro atoms. The fourth-order valence-electron chi connectivity index (χ4n) is 4.79. The zero-order valence-electron chi connectivity index (χ0n) is 23.7. The molecule has 0 saturated carbocycles. The van der Waals surface area contributed by atoms with E-state index >= 15 is 0 Å². The zero-order chi connectivity index (χ0) is 30.3. The molecule has 3 rings (SSSR count). The molecule has 1 aromatic carbocycles. The van der Waals surface area contributed by atoms with Crippen molar-refractivity contribution in [3.63, 3.8) is 0 Å². The maximum atomic E-state index is 13.7. The minimum Gasteiger partial charge on any atom is -0.481 e. The molecular weight excluding hydrogens is 536 g/mol. The highest BCUT2D eigenvalue weighted by molar-refractivity contribution is 6.43. The van der Waals surface area contributed by atoms with Crippen LogP contribution in [0.15, 0.2) is 30.3 Å². The molecule has 2 saturated heterocycles. The maximum Gasteiger partial charge on any atom is 0.305 e. The van der Waals surface area contributed by atoms with E-state index in [1.165, 1.54) is 17.1 Å². The van der Waals surface area contributed by atoms with Gasteiger partial charge in [-0.1, -0.05) is 30.3 Å². The first kappa shape index (κ1) is 31.7. The number of ketones is 1. The molecule has 41 heavy (non-hydrogen) atoms. The van der Waals surface area contributed by atoms with Crippen LogP contribution in [-0.2, 0) is 33.4 Å². The second-order valence-corrected chi connectivity index (χ2v) is 10.6. The number of benzene rings is 1. The van der Waals surface area contributed by atoms with Crippen LogP contribution in [0.3, 0.4) is 0 Å². The molecule has 13 heteroatoms. The smallest absolute Gasteiger partial charge is 0.305 e. The Balaban J connectivity index is 1.84. The number of hydrogen-bond acceptors (Lipinski definition) is 8. The van der Waals surface area contributed by atoms with Crippen molar-refractivity contribution in [2.24, 2.45) is 0 Å². The number of amides is 4. The van der Waals surface area contributed by atoms with E-state index in [2.05, 4.69) is 10.6 Å². The molecule has 2 fully saturated rings. The average molecular weight is 575 g/mol. The third-order valence-corrected chi connectivity index (χ3v) is 6.57. The number of fused-ring (bicyclic) bond motifs is 1. The van der Waals surface area contributed by atoms with Gasteiger partial charge in [0.2, 0.25) is 17.6 Å². The minimum atomic E-state index is -1.23. The van der Waals surface area contributed by atoms with Crippen LogP contribution in [0, 0.1) is 0 Å². The SMILES string of the molecule is CC(C)OC(OC(C)C)[C@H](CC(=O)O)NC(=O)[C@@H]1CCCN2C(=O)CC[C@H](NC(=O)C(=O)c3ccccc3)C(=O)N12. The lowest BCUT2D eigenvalue weighted by Gasteiger charge is -2.43. The zero-order valence-corrected chi connectivity index (χ0v) is 23.7. The molecule has 2 aliphatic heterocycles. The number of hydrazine groups is 1. The predicted molar refractivity (Wildman–Crippen MR) is 144 cm³/mol. The summed E-state index contributed by atoms with van der Waals surface area (Å²) in [5.74, 6) is -4.86. The van der Waals surface area contributed by atoms with Gasteiger partial charge in [0.05, 0.1) is 24.7 Å². The van der Waals surface area contributed by atoms with E-state index in [1.54, 1.807) is 45.9 Å². The fourth-order valence-corrected chi connectivity index (χ4v) is 4.79. The van der Waals surface area contributed by atoms with Gasteiger partial charge >= 0.3 is 5.97 Å².